The summed E-state index contributed by atoms with van der Waals surface area (Å²) >= 11 is 5.85. The van der Waals surface area contributed by atoms with Crippen LogP contribution < -0.4 is 25.1 Å². The quantitative estimate of drug-likeness (QED) is 0.404. The lowest BCUT2D eigenvalue weighted by atomic mass is 10.1. The summed E-state index contributed by atoms with van der Waals surface area (Å²) in [5, 5.41) is 12.0. The number of amides is 2. The van der Waals surface area contributed by atoms with E-state index in [0.717, 1.165) is 11.6 Å². The van der Waals surface area contributed by atoms with E-state index in [2.05, 4.69) is 10.9 Å². The fourth-order valence-corrected chi connectivity index (χ4v) is 3.24. The molecule has 2 N–H and O–H groups in total. The number of hydrogen-bond acceptors (Lipinski definition) is 7. The van der Waals surface area contributed by atoms with Gasteiger partial charge in [0.1, 0.15) is 31.1 Å². The third kappa shape index (κ3) is 5.36. The molecule has 1 aliphatic heterocycles. The van der Waals surface area contributed by atoms with Crippen LogP contribution in [0.4, 0.5) is 5.69 Å². The van der Waals surface area contributed by atoms with E-state index in [1.165, 1.54) is 6.07 Å². The van der Waals surface area contributed by atoms with Gasteiger partial charge in [0.15, 0.2) is 11.5 Å². The van der Waals surface area contributed by atoms with Gasteiger partial charge in [-0.25, -0.2) is 0 Å². The van der Waals surface area contributed by atoms with E-state index in [9.17, 15) is 19.7 Å². The van der Waals surface area contributed by atoms with Crippen LogP contribution in [0.5, 0.6) is 17.2 Å². The molecule has 0 bridgehead atoms. The van der Waals surface area contributed by atoms with Gasteiger partial charge in [-0.15, -0.1) is 0 Å². The predicted molar refractivity (Wildman–Crippen MR) is 121 cm³/mol. The predicted octanol–water partition coefficient (Wildman–Crippen LogP) is 3.67. The van der Waals surface area contributed by atoms with E-state index in [4.69, 9.17) is 25.8 Å². The molecule has 0 saturated carbocycles. The van der Waals surface area contributed by atoms with Gasteiger partial charge in [0.05, 0.1) is 11.0 Å². The summed E-state index contributed by atoms with van der Waals surface area (Å²) in [4.78, 5) is 35.6. The number of nitro groups is 1. The Morgan fingerprint density at radius 2 is 1.56 bits per heavy atom. The number of carbonyl (C=O) groups is 2. The van der Waals surface area contributed by atoms with Crippen molar-refractivity contribution in [1.29, 1.82) is 0 Å². The number of halogens is 1. The molecule has 10 nitrogen and oxygen atoms in total. The Labute approximate surface area is 198 Å². The fourth-order valence-electron chi connectivity index (χ4n) is 3.11. The summed E-state index contributed by atoms with van der Waals surface area (Å²) in [6.45, 7) is 0.787. The van der Waals surface area contributed by atoms with Crippen LogP contribution in [0.25, 0.3) is 0 Å². The maximum absolute atomic E-state index is 12.5. The molecular weight excluding hydrogens is 466 g/mol. The number of benzene rings is 3. The Hall–Kier alpha value is -4.31. The number of ether oxygens (including phenoxy) is 3. The second-order valence-electron chi connectivity index (χ2n) is 7.12. The van der Waals surface area contributed by atoms with Crippen molar-refractivity contribution < 1.29 is 28.7 Å². The van der Waals surface area contributed by atoms with Gasteiger partial charge in [0.2, 0.25) is 0 Å². The first-order valence-corrected chi connectivity index (χ1v) is 10.4. The van der Waals surface area contributed by atoms with Gasteiger partial charge in [0, 0.05) is 16.7 Å². The number of nitrogens with zero attached hydrogens (tertiary/aromatic N) is 1. The SMILES string of the molecule is O=C(NNC(=O)c1cc2c(cc1[N+](=O)[O-])OCCO2)c1ccc(COc2ccc(Cl)cc2)cc1. The van der Waals surface area contributed by atoms with Crippen LogP contribution in [0.2, 0.25) is 5.02 Å². The second kappa shape index (κ2) is 10.1. The largest absolute Gasteiger partial charge is 0.489 e. The van der Waals surface area contributed by atoms with E-state index < -0.39 is 22.4 Å². The summed E-state index contributed by atoms with van der Waals surface area (Å²) in [6.07, 6.45) is 0. The topological polar surface area (TPSA) is 129 Å². The van der Waals surface area contributed by atoms with E-state index in [0.29, 0.717) is 10.8 Å². The lowest BCUT2D eigenvalue weighted by molar-refractivity contribution is -0.385. The highest BCUT2D eigenvalue weighted by atomic mass is 35.5. The summed E-state index contributed by atoms with van der Waals surface area (Å²) in [5.74, 6) is -0.422. The Bertz CT molecular complexity index is 1230. The summed E-state index contributed by atoms with van der Waals surface area (Å²) in [6, 6.07) is 15.8. The van der Waals surface area contributed by atoms with Crippen molar-refractivity contribution >= 4 is 29.1 Å². The summed E-state index contributed by atoms with van der Waals surface area (Å²) < 4.78 is 16.3. The standard InChI is InChI=1S/C23H18ClN3O7/c24-16-5-7-17(8-6-16)34-13-14-1-3-15(4-2-14)22(28)25-26-23(29)18-11-20-21(33-10-9-32-20)12-19(18)27(30)31/h1-8,11-12H,9-10,13H2,(H,25,28)(H,26,29). The van der Waals surface area contributed by atoms with Crippen molar-refractivity contribution in [3.05, 3.63) is 92.5 Å². The second-order valence-corrected chi connectivity index (χ2v) is 7.55. The molecule has 3 aromatic rings. The van der Waals surface area contributed by atoms with Gasteiger partial charge in [-0.2, -0.15) is 0 Å². The van der Waals surface area contributed by atoms with E-state index in [-0.39, 0.29) is 42.4 Å². The molecule has 4 rings (SSSR count). The highest BCUT2D eigenvalue weighted by Crippen LogP contribution is 2.36. The van der Waals surface area contributed by atoms with E-state index in [1.807, 2.05) is 0 Å². The smallest absolute Gasteiger partial charge is 0.286 e. The van der Waals surface area contributed by atoms with Crippen LogP contribution in [0, 0.1) is 10.1 Å². The Balaban J connectivity index is 1.36. The maximum Gasteiger partial charge on any atom is 0.286 e. The number of nitro benzene ring substituents is 1. The molecule has 0 spiro atoms. The first-order valence-electron chi connectivity index (χ1n) is 10.1. The Kier molecular flexibility index (Phi) is 6.79. The maximum atomic E-state index is 12.5. The van der Waals surface area contributed by atoms with E-state index >= 15 is 0 Å². The molecule has 174 valence electrons. The average molecular weight is 484 g/mol. The van der Waals surface area contributed by atoms with Crippen LogP contribution in [0.15, 0.2) is 60.7 Å². The molecule has 0 fully saturated rings. The number of hydrazine groups is 1. The monoisotopic (exact) mass is 483 g/mol. The first kappa shape index (κ1) is 22.9. The van der Waals surface area contributed by atoms with Crippen molar-refractivity contribution in [2.75, 3.05) is 13.2 Å². The Morgan fingerprint density at radius 1 is 0.941 bits per heavy atom. The van der Waals surface area contributed by atoms with Crippen molar-refractivity contribution in [2.45, 2.75) is 6.61 Å². The van der Waals surface area contributed by atoms with Crippen LogP contribution in [-0.4, -0.2) is 30.0 Å². The molecular formula is C23H18ClN3O7. The Morgan fingerprint density at radius 3 is 2.21 bits per heavy atom. The van der Waals surface area contributed by atoms with Crippen molar-refractivity contribution in [1.82, 2.24) is 10.9 Å². The molecule has 0 saturated heterocycles. The normalized spacial score (nSPS) is 11.9. The molecule has 3 aromatic carbocycles. The lowest BCUT2D eigenvalue weighted by Crippen LogP contribution is -2.41. The number of rotatable bonds is 6. The third-order valence-corrected chi connectivity index (χ3v) is 5.08. The van der Waals surface area contributed by atoms with Gasteiger partial charge in [-0.3, -0.25) is 30.6 Å². The van der Waals surface area contributed by atoms with Crippen LogP contribution in [0.1, 0.15) is 26.3 Å². The molecule has 11 heteroatoms. The van der Waals surface area contributed by atoms with Gasteiger partial charge < -0.3 is 14.2 Å². The molecule has 0 aliphatic carbocycles. The number of hydrogen-bond donors (Lipinski definition) is 2. The van der Waals surface area contributed by atoms with Crippen LogP contribution >= 0.6 is 11.6 Å². The van der Waals surface area contributed by atoms with Crippen molar-refractivity contribution in [3.63, 3.8) is 0 Å². The van der Waals surface area contributed by atoms with Gasteiger partial charge in [-0.1, -0.05) is 23.7 Å². The molecule has 1 aliphatic rings. The zero-order valence-corrected chi connectivity index (χ0v) is 18.3. The fraction of sp³-hybridized carbons (Fsp3) is 0.130. The minimum Gasteiger partial charge on any atom is -0.489 e. The van der Waals surface area contributed by atoms with Gasteiger partial charge >= 0.3 is 0 Å². The molecule has 1 heterocycles. The van der Waals surface area contributed by atoms with Crippen LogP contribution in [-0.2, 0) is 6.61 Å². The average Bonchev–Trinajstić information content (AvgIpc) is 2.86. The highest BCUT2D eigenvalue weighted by Gasteiger charge is 2.26. The number of nitrogens with one attached hydrogen (secondary N) is 2. The molecule has 0 aromatic heterocycles. The zero-order valence-electron chi connectivity index (χ0n) is 17.6. The molecule has 0 atom stereocenters. The summed E-state index contributed by atoms with van der Waals surface area (Å²) in [5.41, 5.74) is 4.79. The molecule has 34 heavy (non-hydrogen) atoms. The lowest BCUT2D eigenvalue weighted by Gasteiger charge is -2.19. The van der Waals surface area contributed by atoms with Crippen LogP contribution in [0.3, 0.4) is 0 Å². The van der Waals surface area contributed by atoms with Crippen molar-refractivity contribution in [2.24, 2.45) is 0 Å². The van der Waals surface area contributed by atoms with Crippen molar-refractivity contribution in [3.8, 4) is 17.2 Å². The van der Waals surface area contributed by atoms with Gasteiger partial charge in [-0.05, 0) is 42.0 Å². The summed E-state index contributed by atoms with van der Waals surface area (Å²) in [7, 11) is 0. The number of fused-ring (bicyclic) bond motifs is 1. The zero-order chi connectivity index (χ0) is 24.1. The van der Waals surface area contributed by atoms with E-state index in [1.54, 1.807) is 48.5 Å². The molecule has 0 radical (unpaired) electrons. The highest BCUT2D eigenvalue weighted by molar-refractivity contribution is 6.30. The minimum absolute atomic E-state index is 0.179. The molecule has 2 amide bonds. The van der Waals surface area contributed by atoms with Gasteiger partial charge in [0.25, 0.3) is 17.5 Å². The first-order chi connectivity index (χ1) is 16.4. The molecule has 0 unspecified atom stereocenters. The minimum atomic E-state index is -0.870. The third-order valence-electron chi connectivity index (χ3n) is 4.83. The number of carbonyl (C=O) groups excluding carboxylic acids is 2.